The standard InChI is InChI=1S/C18H19NO4/c1-17-6-9-18(10-7-17,11-8-17)16(22)23-19-14(20)12-4-2-3-5-13(12)15(19)21/h2-5H,6-11H2,1H3. The normalized spacial score (nSPS) is 32.1. The van der Waals surface area contributed by atoms with Gasteiger partial charge in [0, 0.05) is 0 Å². The highest BCUT2D eigenvalue weighted by Crippen LogP contribution is 2.57. The van der Waals surface area contributed by atoms with Crippen LogP contribution in [0.25, 0.3) is 0 Å². The molecule has 23 heavy (non-hydrogen) atoms. The lowest BCUT2D eigenvalue weighted by molar-refractivity contribution is -0.190. The molecule has 5 rings (SSSR count). The van der Waals surface area contributed by atoms with Gasteiger partial charge in [-0.1, -0.05) is 24.1 Å². The number of hydrogen-bond donors (Lipinski definition) is 0. The first kappa shape index (κ1) is 14.4. The molecule has 0 radical (unpaired) electrons. The molecule has 2 bridgehead atoms. The van der Waals surface area contributed by atoms with Gasteiger partial charge >= 0.3 is 5.97 Å². The van der Waals surface area contributed by atoms with E-state index in [0.29, 0.717) is 21.6 Å². The quantitative estimate of drug-likeness (QED) is 0.787. The van der Waals surface area contributed by atoms with Gasteiger partial charge in [-0.25, -0.2) is 4.79 Å². The molecule has 0 atom stereocenters. The maximum Gasteiger partial charge on any atom is 0.339 e. The van der Waals surface area contributed by atoms with Crippen molar-refractivity contribution in [2.45, 2.75) is 45.4 Å². The summed E-state index contributed by atoms with van der Waals surface area (Å²) in [6.07, 6.45) is 5.36. The second-order valence-corrected chi connectivity index (χ2v) is 7.42. The summed E-state index contributed by atoms with van der Waals surface area (Å²) in [4.78, 5) is 42.6. The lowest BCUT2D eigenvalue weighted by Gasteiger charge is -2.50. The zero-order chi connectivity index (χ0) is 16.2. The van der Waals surface area contributed by atoms with Crippen molar-refractivity contribution in [2.75, 3.05) is 0 Å². The van der Waals surface area contributed by atoms with Crippen LogP contribution in [0.1, 0.15) is 66.2 Å². The van der Waals surface area contributed by atoms with Crippen molar-refractivity contribution in [3.05, 3.63) is 35.4 Å². The van der Waals surface area contributed by atoms with Crippen molar-refractivity contribution >= 4 is 17.8 Å². The molecule has 1 aliphatic heterocycles. The molecule has 1 aromatic rings. The number of carbonyl (C=O) groups excluding carboxylic acids is 3. The molecule has 5 nitrogen and oxygen atoms in total. The van der Waals surface area contributed by atoms with Crippen LogP contribution >= 0.6 is 0 Å². The first-order valence-electron chi connectivity index (χ1n) is 8.14. The molecule has 3 saturated carbocycles. The van der Waals surface area contributed by atoms with E-state index in [0.717, 1.165) is 38.5 Å². The minimum atomic E-state index is -0.549. The molecule has 0 spiro atoms. The summed E-state index contributed by atoms with van der Waals surface area (Å²) in [6, 6.07) is 6.54. The van der Waals surface area contributed by atoms with Gasteiger partial charge in [0.25, 0.3) is 11.8 Å². The monoisotopic (exact) mass is 313 g/mol. The highest BCUT2D eigenvalue weighted by molar-refractivity contribution is 6.20. The molecule has 0 saturated heterocycles. The number of hydrogen-bond acceptors (Lipinski definition) is 4. The number of rotatable bonds is 2. The molecule has 3 aliphatic carbocycles. The van der Waals surface area contributed by atoms with Gasteiger partial charge in [-0.15, -0.1) is 0 Å². The summed E-state index contributed by atoms with van der Waals surface area (Å²) in [5.74, 6) is -1.52. The highest BCUT2D eigenvalue weighted by Gasteiger charge is 2.53. The van der Waals surface area contributed by atoms with Gasteiger partial charge in [0.05, 0.1) is 16.5 Å². The Balaban J connectivity index is 1.54. The maximum absolute atomic E-state index is 12.7. The zero-order valence-electron chi connectivity index (χ0n) is 13.1. The molecule has 0 unspecified atom stereocenters. The number of hydroxylamine groups is 2. The van der Waals surface area contributed by atoms with Gasteiger partial charge in [-0.05, 0) is 56.1 Å². The minimum absolute atomic E-state index is 0.294. The van der Waals surface area contributed by atoms with Crippen LogP contribution in [-0.4, -0.2) is 22.8 Å². The van der Waals surface area contributed by atoms with E-state index in [2.05, 4.69) is 6.92 Å². The SMILES string of the molecule is CC12CCC(C(=O)ON3C(=O)c4ccccc4C3=O)(CC1)CC2. The third-order valence-corrected chi connectivity index (χ3v) is 5.99. The van der Waals surface area contributed by atoms with Gasteiger partial charge < -0.3 is 4.84 Å². The van der Waals surface area contributed by atoms with E-state index in [1.165, 1.54) is 0 Å². The van der Waals surface area contributed by atoms with Gasteiger partial charge in [0.1, 0.15) is 0 Å². The van der Waals surface area contributed by atoms with Crippen molar-refractivity contribution in [1.29, 1.82) is 0 Å². The Morgan fingerprint density at radius 1 is 0.957 bits per heavy atom. The van der Waals surface area contributed by atoms with E-state index in [4.69, 9.17) is 4.84 Å². The van der Waals surface area contributed by atoms with Gasteiger partial charge in [0.15, 0.2) is 0 Å². The van der Waals surface area contributed by atoms with Crippen LogP contribution in [0.2, 0.25) is 0 Å². The molecule has 0 aromatic heterocycles. The summed E-state index contributed by atoms with van der Waals surface area (Å²) >= 11 is 0. The number of imide groups is 1. The van der Waals surface area contributed by atoms with E-state index in [1.54, 1.807) is 24.3 Å². The average Bonchev–Trinajstić information content (AvgIpc) is 2.81. The van der Waals surface area contributed by atoms with Crippen molar-refractivity contribution in [3.8, 4) is 0 Å². The number of fused-ring (bicyclic) bond motifs is 4. The largest absolute Gasteiger partial charge is 0.339 e. The fourth-order valence-electron chi connectivity index (χ4n) is 4.11. The molecule has 4 aliphatic rings. The fraction of sp³-hybridized carbons (Fsp3) is 0.500. The summed E-state index contributed by atoms with van der Waals surface area (Å²) in [5, 5.41) is 0.643. The van der Waals surface area contributed by atoms with Crippen LogP contribution in [0.4, 0.5) is 0 Å². The molecular weight excluding hydrogens is 294 g/mol. The zero-order valence-corrected chi connectivity index (χ0v) is 13.1. The molecular formula is C18H19NO4. The molecule has 120 valence electrons. The number of benzene rings is 1. The van der Waals surface area contributed by atoms with E-state index in [9.17, 15) is 14.4 Å². The topological polar surface area (TPSA) is 63.7 Å². The molecule has 1 heterocycles. The van der Waals surface area contributed by atoms with Crippen molar-refractivity contribution in [3.63, 3.8) is 0 Å². The Bertz CT molecular complexity index is 664. The van der Waals surface area contributed by atoms with Crippen LogP contribution in [-0.2, 0) is 9.63 Å². The molecule has 3 fully saturated rings. The lowest BCUT2D eigenvalue weighted by atomic mass is 9.54. The van der Waals surface area contributed by atoms with Crippen LogP contribution in [0.15, 0.2) is 24.3 Å². The third-order valence-electron chi connectivity index (χ3n) is 5.99. The Morgan fingerprint density at radius 2 is 1.43 bits per heavy atom. The van der Waals surface area contributed by atoms with Gasteiger partial charge in [-0.3, -0.25) is 9.59 Å². The number of amides is 2. The molecule has 5 heteroatoms. The number of carbonyl (C=O) groups is 3. The predicted octanol–water partition coefficient (Wildman–Crippen LogP) is 3.10. The molecule has 0 N–H and O–H groups in total. The van der Waals surface area contributed by atoms with Gasteiger partial charge in [0.2, 0.25) is 0 Å². The smallest absolute Gasteiger partial charge is 0.329 e. The minimum Gasteiger partial charge on any atom is -0.329 e. The lowest BCUT2D eigenvalue weighted by Crippen LogP contribution is -2.48. The van der Waals surface area contributed by atoms with Crippen LogP contribution in [0.3, 0.4) is 0 Å². The highest BCUT2D eigenvalue weighted by atomic mass is 16.7. The summed E-state index contributed by atoms with van der Waals surface area (Å²) in [6.45, 7) is 2.27. The first-order valence-corrected chi connectivity index (χ1v) is 8.14. The second kappa shape index (κ2) is 4.66. The third kappa shape index (κ3) is 2.02. The van der Waals surface area contributed by atoms with E-state index < -0.39 is 23.2 Å². The predicted molar refractivity (Wildman–Crippen MR) is 81.3 cm³/mol. The Kier molecular flexibility index (Phi) is 2.92. The number of nitrogens with zero attached hydrogens (tertiary/aromatic N) is 1. The van der Waals surface area contributed by atoms with Gasteiger partial charge in [-0.2, -0.15) is 0 Å². The van der Waals surface area contributed by atoms with E-state index >= 15 is 0 Å². The Morgan fingerprint density at radius 3 is 1.91 bits per heavy atom. The Hall–Kier alpha value is -2.17. The van der Waals surface area contributed by atoms with E-state index in [-0.39, 0.29) is 0 Å². The Labute approximate surface area is 134 Å². The summed E-state index contributed by atoms with van der Waals surface area (Å²) in [5.41, 5.74) is 0.412. The van der Waals surface area contributed by atoms with E-state index in [1.807, 2.05) is 0 Å². The van der Waals surface area contributed by atoms with Crippen molar-refractivity contribution in [1.82, 2.24) is 5.06 Å². The molecule has 1 aromatic carbocycles. The first-order chi connectivity index (χ1) is 10.9. The average molecular weight is 313 g/mol. The van der Waals surface area contributed by atoms with Crippen molar-refractivity contribution in [2.24, 2.45) is 10.8 Å². The second-order valence-electron chi connectivity index (χ2n) is 7.42. The summed E-state index contributed by atoms with van der Waals surface area (Å²) in [7, 11) is 0. The van der Waals surface area contributed by atoms with Crippen LogP contribution in [0, 0.1) is 10.8 Å². The van der Waals surface area contributed by atoms with Crippen LogP contribution in [0.5, 0.6) is 0 Å². The fourth-order valence-corrected chi connectivity index (χ4v) is 4.11. The van der Waals surface area contributed by atoms with Crippen LogP contribution < -0.4 is 0 Å². The van der Waals surface area contributed by atoms with Crippen molar-refractivity contribution < 1.29 is 19.2 Å². The molecule has 2 amide bonds. The maximum atomic E-state index is 12.7. The summed E-state index contributed by atoms with van der Waals surface area (Å²) < 4.78 is 0.